The summed E-state index contributed by atoms with van der Waals surface area (Å²) in [4.78, 5) is 12.3. The number of aliphatic hydroxyl groups excluding tert-OH is 2. The van der Waals surface area contributed by atoms with E-state index in [4.69, 9.17) is 0 Å². The maximum atomic E-state index is 12.3. The lowest BCUT2D eigenvalue weighted by Crippen LogP contribution is -2.11. The molecule has 0 saturated heterocycles. The molecular weight excluding hydrogens is 408 g/mol. The number of rotatable bonds is 10. The molecule has 0 saturated carbocycles. The molecule has 9 heteroatoms. The minimum Gasteiger partial charge on any atom is -0.390 e. The summed E-state index contributed by atoms with van der Waals surface area (Å²) in [7, 11) is 0. The molecule has 0 spiro atoms. The van der Waals surface area contributed by atoms with Crippen LogP contribution in [0.2, 0.25) is 0 Å². The predicted molar refractivity (Wildman–Crippen MR) is 120 cm³/mol. The largest absolute Gasteiger partial charge is 0.390 e. The van der Waals surface area contributed by atoms with Crippen LogP contribution in [0.25, 0.3) is 5.57 Å². The van der Waals surface area contributed by atoms with Gasteiger partial charge < -0.3 is 10.2 Å². The summed E-state index contributed by atoms with van der Waals surface area (Å²) in [5, 5.41) is 34.7. The van der Waals surface area contributed by atoms with Crippen LogP contribution in [0.3, 0.4) is 0 Å². The number of hydrogen-bond donors (Lipinski definition) is 2. The smallest absolute Gasteiger partial charge is 0.159 e. The summed E-state index contributed by atoms with van der Waals surface area (Å²) in [6, 6.07) is 3.70. The quantitative estimate of drug-likeness (QED) is 0.371. The Morgan fingerprint density at radius 3 is 1.94 bits per heavy atom. The lowest BCUT2D eigenvalue weighted by Gasteiger charge is -2.18. The number of benzene rings is 1. The van der Waals surface area contributed by atoms with Crippen LogP contribution >= 0.6 is 0 Å². The van der Waals surface area contributed by atoms with Gasteiger partial charge in [-0.15, -0.1) is 10.2 Å². The number of carbonyl (C=O) groups excluding carboxylic acids is 1. The highest BCUT2D eigenvalue weighted by atomic mass is 16.3. The molecular formula is C23H26N6O3. The van der Waals surface area contributed by atoms with Gasteiger partial charge in [0.2, 0.25) is 0 Å². The first-order valence-corrected chi connectivity index (χ1v) is 10.1. The SMILES string of the molecule is C=C/C=C(\C=C/C)c1c(Cn2cc(CO)nn2)cc(C(C)=O)cc1Cn1cc(CO)nn1. The van der Waals surface area contributed by atoms with Gasteiger partial charge >= 0.3 is 0 Å². The average Bonchev–Trinajstić information content (AvgIpc) is 3.42. The zero-order valence-corrected chi connectivity index (χ0v) is 18.1. The van der Waals surface area contributed by atoms with E-state index in [0.29, 0.717) is 30.0 Å². The molecule has 0 radical (unpaired) electrons. The van der Waals surface area contributed by atoms with Gasteiger partial charge in [0.25, 0.3) is 0 Å². The second kappa shape index (κ2) is 10.6. The Hall–Kier alpha value is -3.69. The van der Waals surface area contributed by atoms with E-state index in [0.717, 1.165) is 22.3 Å². The number of carbonyl (C=O) groups is 1. The van der Waals surface area contributed by atoms with E-state index in [1.165, 1.54) is 6.92 Å². The van der Waals surface area contributed by atoms with Crippen molar-refractivity contribution in [2.24, 2.45) is 0 Å². The molecule has 0 aliphatic carbocycles. The van der Waals surface area contributed by atoms with E-state index in [2.05, 4.69) is 27.2 Å². The first kappa shape index (κ1) is 23.0. The predicted octanol–water partition coefficient (Wildman–Crippen LogP) is 2.30. The molecule has 2 N–H and O–H groups in total. The first-order valence-electron chi connectivity index (χ1n) is 10.1. The molecule has 32 heavy (non-hydrogen) atoms. The third-order valence-corrected chi connectivity index (χ3v) is 4.80. The average molecular weight is 435 g/mol. The highest BCUT2D eigenvalue weighted by molar-refractivity contribution is 5.95. The Bertz CT molecular complexity index is 1110. The van der Waals surface area contributed by atoms with Gasteiger partial charge in [0.05, 0.1) is 38.7 Å². The Labute approximate surface area is 186 Å². The van der Waals surface area contributed by atoms with Crippen LogP contribution in [0.5, 0.6) is 0 Å². The van der Waals surface area contributed by atoms with Gasteiger partial charge in [-0.1, -0.05) is 41.3 Å². The number of hydrogen-bond acceptors (Lipinski definition) is 7. The van der Waals surface area contributed by atoms with E-state index in [1.54, 1.807) is 27.8 Å². The molecule has 2 aromatic heterocycles. The summed E-state index contributed by atoms with van der Waals surface area (Å²) in [5.41, 5.74) is 5.02. The molecule has 0 atom stereocenters. The molecule has 3 aromatic rings. The van der Waals surface area contributed by atoms with Gasteiger partial charge in [-0.25, -0.2) is 9.36 Å². The van der Waals surface area contributed by atoms with Gasteiger partial charge in [-0.05, 0) is 48.2 Å². The summed E-state index contributed by atoms with van der Waals surface area (Å²) in [6.45, 7) is 7.57. The van der Waals surface area contributed by atoms with Crippen molar-refractivity contribution in [3.05, 3.63) is 89.1 Å². The monoisotopic (exact) mass is 434 g/mol. The molecule has 0 aliphatic heterocycles. The lowest BCUT2D eigenvalue weighted by molar-refractivity contribution is 0.101. The molecule has 3 rings (SSSR count). The van der Waals surface area contributed by atoms with Crippen molar-refractivity contribution in [1.29, 1.82) is 0 Å². The molecule has 0 amide bonds. The molecule has 0 aliphatic rings. The number of allylic oxidation sites excluding steroid dienone is 5. The number of Topliss-reactive ketones (excluding diaryl/α,β-unsaturated/α-hetero) is 1. The van der Waals surface area contributed by atoms with Crippen LogP contribution < -0.4 is 0 Å². The fraction of sp³-hybridized carbons (Fsp3) is 0.261. The minimum atomic E-state index is -0.203. The summed E-state index contributed by atoms with van der Waals surface area (Å²) in [6.07, 6.45) is 10.8. The van der Waals surface area contributed by atoms with Crippen LogP contribution in [0.4, 0.5) is 0 Å². The van der Waals surface area contributed by atoms with Crippen molar-refractivity contribution in [1.82, 2.24) is 30.0 Å². The molecule has 9 nitrogen and oxygen atoms in total. The summed E-state index contributed by atoms with van der Waals surface area (Å²) in [5.74, 6) is -0.0661. The normalized spacial score (nSPS) is 11.9. The Kier molecular flexibility index (Phi) is 7.58. The fourth-order valence-electron chi connectivity index (χ4n) is 3.45. The van der Waals surface area contributed by atoms with Crippen molar-refractivity contribution in [3.63, 3.8) is 0 Å². The van der Waals surface area contributed by atoms with Crippen molar-refractivity contribution in [2.75, 3.05) is 0 Å². The molecule has 1 aromatic carbocycles. The molecule has 0 fully saturated rings. The summed E-state index contributed by atoms with van der Waals surface area (Å²) < 4.78 is 3.25. The van der Waals surface area contributed by atoms with E-state index >= 15 is 0 Å². The van der Waals surface area contributed by atoms with E-state index in [-0.39, 0.29) is 19.0 Å². The third-order valence-electron chi connectivity index (χ3n) is 4.80. The van der Waals surface area contributed by atoms with Gasteiger partial charge in [-0.2, -0.15) is 0 Å². The number of ketones is 1. The van der Waals surface area contributed by atoms with E-state index in [9.17, 15) is 15.0 Å². The molecule has 0 unspecified atom stereocenters. The molecule has 2 heterocycles. The van der Waals surface area contributed by atoms with Crippen LogP contribution in [0.1, 0.15) is 52.3 Å². The third kappa shape index (κ3) is 5.32. The van der Waals surface area contributed by atoms with Crippen molar-refractivity contribution < 1.29 is 15.0 Å². The maximum absolute atomic E-state index is 12.3. The molecule has 0 bridgehead atoms. The van der Waals surface area contributed by atoms with Gasteiger partial charge in [0.1, 0.15) is 11.4 Å². The highest BCUT2D eigenvalue weighted by Gasteiger charge is 2.17. The second-order valence-corrected chi connectivity index (χ2v) is 7.21. The van der Waals surface area contributed by atoms with Crippen LogP contribution in [-0.2, 0) is 26.3 Å². The van der Waals surface area contributed by atoms with Gasteiger partial charge in [0, 0.05) is 5.56 Å². The standard InChI is InChI=1S/C23H26N6O3/c1-4-6-17(7-5-2)23-19(10-28-12-21(14-30)24-26-28)8-18(16(3)32)9-20(23)11-29-13-22(15-31)25-27-29/h4-9,12-13,30-31H,1,10-11,14-15H2,2-3H3/b7-5-,17-6+. The van der Waals surface area contributed by atoms with Crippen LogP contribution in [0, 0.1) is 0 Å². The van der Waals surface area contributed by atoms with Crippen molar-refractivity contribution in [3.8, 4) is 0 Å². The number of nitrogens with zero attached hydrogens (tertiary/aromatic N) is 6. The summed E-state index contributed by atoms with van der Waals surface area (Å²) >= 11 is 0. The zero-order chi connectivity index (χ0) is 23.1. The second-order valence-electron chi connectivity index (χ2n) is 7.21. The van der Waals surface area contributed by atoms with Crippen LogP contribution in [0.15, 0.2) is 55.4 Å². The first-order chi connectivity index (χ1) is 15.5. The topological polar surface area (TPSA) is 119 Å². The van der Waals surface area contributed by atoms with E-state index < -0.39 is 0 Å². The number of aromatic nitrogens is 6. The highest BCUT2D eigenvalue weighted by Crippen LogP contribution is 2.29. The van der Waals surface area contributed by atoms with Gasteiger partial charge in [0.15, 0.2) is 5.78 Å². The fourth-order valence-corrected chi connectivity index (χ4v) is 3.45. The van der Waals surface area contributed by atoms with Gasteiger partial charge in [-0.3, -0.25) is 4.79 Å². The Balaban J connectivity index is 2.21. The van der Waals surface area contributed by atoms with Crippen molar-refractivity contribution in [2.45, 2.75) is 40.2 Å². The minimum absolute atomic E-state index is 0.0661. The number of aliphatic hydroxyl groups is 2. The van der Waals surface area contributed by atoms with Crippen molar-refractivity contribution >= 4 is 11.4 Å². The van der Waals surface area contributed by atoms with Crippen LogP contribution in [-0.4, -0.2) is 46.0 Å². The Morgan fingerprint density at radius 1 is 1.03 bits per heavy atom. The zero-order valence-electron chi connectivity index (χ0n) is 18.1. The molecule has 166 valence electrons. The lowest BCUT2D eigenvalue weighted by atomic mass is 9.90. The Morgan fingerprint density at radius 2 is 1.56 bits per heavy atom. The van der Waals surface area contributed by atoms with E-state index in [1.807, 2.05) is 37.3 Å². The maximum Gasteiger partial charge on any atom is 0.159 e.